The first kappa shape index (κ1) is 29.0. The van der Waals surface area contributed by atoms with Crippen LogP contribution in [0.4, 0.5) is 16.2 Å². The van der Waals surface area contributed by atoms with Crippen molar-refractivity contribution in [3.63, 3.8) is 0 Å². The van der Waals surface area contributed by atoms with E-state index in [1.165, 1.54) is 24.3 Å². The van der Waals surface area contributed by atoms with Gasteiger partial charge in [-0.1, -0.05) is 12.1 Å². The highest BCUT2D eigenvalue weighted by molar-refractivity contribution is 6.06. The van der Waals surface area contributed by atoms with E-state index in [4.69, 9.17) is 31.2 Å². The topological polar surface area (TPSA) is 200 Å². The van der Waals surface area contributed by atoms with Crippen LogP contribution in [-0.4, -0.2) is 37.4 Å². The fourth-order valence-electron chi connectivity index (χ4n) is 4.13. The summed E-state index contributed by atoms with van der Waals surface area (Å²) in [6.07, 6.45) is 1.88. The monoisotopic (exact) mass is 592 g/mol. The van der Waals surface area contributed by atoms with E-state index >= 15 is 0 Å². The molecule has 44 heavy (non-hydrogen) atoms. The SMILES string of the molecule is Nc1ccc(Oc2ccnc3c2ccc2c(Oc4ccc(C(=O)O)cc4)ccnc23)cc1O.Nc1ccccc1OC(=O)O. The number of phenols is 1. The van der Waals surface area contributed by atoms with Crippen molar-refractivity contribution in [3.05, 3.63) is 109 Å². The van der Waals surface area contributed by atoms with Gasteiger partial charge in [-0.3, -0.25) is 9.97 Å². The Bertz CT molecular complexity index is 2000. The molecule has 0 aliphatic heterocycles. The summed E-state index contributed by atoms with van der Waals surface area (Å²) < 4.78 is 16.3. The molecule has 0 amide bonds. The third-order valence-electron chi connectivity index (χ3n) is 6.22. The molecule has 6 rings (SSSR count). The molecule has 0 aliphatic carbocycles. The summed E-state index contributed by atoms with van der Waals surface area (Å²) in [5, 5.41) is 28.6. The van der Waals surface area contributed by atoms with Crippen LogP contribution in [0, 0.1) is 0 Å². The first-order valence-electron chi connectivity index (χ1n) is 12.9. The minimum atomic E-state index is -1.36. The van der Waals surface area contributed by atoms with Gasteiger partial charge in [0.05, 0.1) is 16.9 Å². The number of pyridine rings is 2. The molecule has 2 heterocycles. The second-order valence-electron chi connectivity index (χ2n) is 9.14. The maximum absolute atomic E-state index is 11.1. The zero-order valence-corrected chi connectivity index (χ0v) is 22.7. The standard InChI is InChI=1S/C25H17N3O5.C7H7NO3/c26-19-8-5-16(13-20(19)29)33-22-10-12-28-24-18(22)7-6-17-21(9-11-27-23(17)24)32-15-3-1-14(2-4-15)25(30)31;8-5-3-1-2-4-6(5)11-7(9)10/h1-13,29H,26H2,(H,30,31);1-4H,8H2,(H,9,10). The van der Waals surface area contributed by atoms with E-state index in [0.717, 1.165) is 10.8 Å². The summed E-state index contributed by atoms with van der Waals surface area (Å²) in [6, 6.07) is 24.4. The number of aromatic carboxylic acids is 1. The Morgan fingerprint density at radius 2 is 1.20 bits per heavy atom. The molecule has 0 saturated heterocycles. The van der Waals surface area contributed by atoms with Gasteiger partial charge in [-0.15, -0.1) is 0 Å². The van der Waals surface area contributed by atoms with Gasteiger partial charge in [-0.05, 0) is 72.8 Å². The molecule has 4 aromatic carbocycles. The van der Waals surface area contributed by atoms with E-state index in [0.29, 0.717) is 39.7 Å². The van der Waals surface area contributed by atoms with Crippen LogP contribution < -0.4 is 25.7 Å². The van der Waals surface area contributed by atoms with Crippen LogP contribution >= 0.6 is 0 Å². The summed E-state index contributed by atoms with van der Waals surface area (Å²) in [7, 11) is 0. The predicted octanol–water partition coefficient (Wildman–Crippen LogP) is 6.68. The number of anilines is 2. The lowest BCUT2D eigenvalue weighted by molar-refractivity contribution is 0.0696. The molecule has 2 aromatic heterocycles. The summed E-state index contributed by atoms with van der Waals surface area (Å²) in [6.45, 7) is 0. The minimum Gasteiger partial charge on any atom is -0.506 e. The normalized spacial score (nSPS) is 10.5. The first-order valence-corrected chi connectivity index (χ1v) is 12.9. The number of fused-ring (bicyclic) bond motifs is 3. The van der Waals surface area contributed by atoms with Crippen LogP contribution in [0.3, 0.4) is 0 Å². The quantitative estimate of drug-likeness (QED) is 0.0452. The van der Waals surface area contributed by atoms with E-state index in [9.17, 15) is 14.7 Å². The van der Waals surface area contributed by atoms with Gasteiger partial charge in [0.25, 0.3) is 0 Å². The summed E-state index contributed by atoms with van der Waals surface area (Å²) in [5.74, 6) is 1.15. The number of hydrogen-bond acceptors (Lipinski definition) is 10. The van der Waals surface area contributed by atoms with Gasteiger partial charge in [0.1, 0.15) is 39.8 Å². The number of hydrogen-bond donors (Lipinski definition) is 5. The Balaban J connectivity index is 0.000000296. The Morgan fingerprint density at radius 1 is 0.636 bits per heavy atom. The van der Waals surface area contributed by atoms with Crippen LogP contribution in [-0.2, 0) is 0 Å². The molecular formula is C32H24N4O8. The Hall–Kier alpha value is -6.56. The van der Waals surface area contributed by atoms with E-state index in [-0.39, 0.29) is 22.7 Å². The van der Waals surface area contributed by atoms with Gasteiger partial charge in [0.15, 0.2) is 5.75 Å². The maximum Gasteiger partial charge on any atom is 0.511 e. The van der Waals surface area contributed by atoms with E-state index in [1.54, 1.807) is 67.0 Å². The van der Waals surface area contributed by atoms with Crippen molar-refractivity contribution in [1.29, 1.82) is 0 Å². The van der Waals surface area contributed by atoms with Crippen molar-refractivity contribution in [2.75, 3.05) is 11.5 Å². The molecule has 0 atom stereocenters. The third-order valence-corrected chi connectivity index (χ3v) is 6.22. The molecule has 12 nitrogen and oxygen atoms in total. The van der Waals surface area contributed by atoms with Gasteiger partial charge >= 0.3 is 12.1 Å². The minimum absolute atomic E-state index is 0.0591. The molecule has 0 unspecified atom stereocenters. The molecule has 0 bridgehead atoms. The van der Waals surface area contributed by atoms with E-state index in [2.05, 4.69) is 14.7 Å². The Labute approximate surface area is 249 Å². The molecule has 0 aliphatic rings. The van der Waals surface area contributed by atoms with Crippen molar-refractivity contribution in [1.82, 2.24) is 9.97 Å². The van der Waals surface area contributed by atoms with Crippen LogP contribution in [0.2, 0.25) is 0 Å². The van der Waals surface area contributed by atoms with Gasteiger partial charge < -0.3 is 41.0 Å². The number of aromatic hydroxyl groups is 1. The summed E-state index contributed by atoms with van der Waals surface area (Å²) in [5.41, 5.74) is 13.0. The lowest BCUT2D eigenvalue weighted by Crippen LogP contribution is -2.04. The molecular weight excluding hydrogens is 568 g/mol. The van der Waals surface area contributed by atoms with E-state index in [1.807, 2.05) is 12.1 Å². The molecule has 0 radical (unpaired) electrons. The van der Waals surface area contributed by atoms with Crippen molar-refractivity contribution >= 4 is 45.3 Å². The van der Waals surface area contributed by atoms with Crippen molar-refractivity contribution in [3.8, 4) is 34.5 Å². The van der Waals surface area contributed by atoms with Gasteiger partial charge in [0, 0.05) is 29.2 Å². The van der Waals surface area contributed by atoms with Gasteiger partial charge in [-0.2, -0.15) is 0 Å². The van der Waals surface area contributed by atoms with Crippen molar-refractivity contribution < 1.29 is 39.1 Å². The highest BCUT2D eigenvalue weighted by atomic mass is 16.7. The average molecular weight is 593 g/mol. The third kappa shape index (κ3) is 6.50. The Morgan fingerprint density at radius 3 is 1.75 bits per heavy atom. The second kappa shape index (κ2) is 12.5. The number of carboxylic acid groups (broad SMARTS) is 2. The largest absolute Gasteiger partial charge is 0.511 e. The second-order valence-corrected chi connectivity index (χ2v) is 9.14. The number of nitrogens with two attached hydrogens (primary N) is 2. The molecule has 0 saturated carbocycles. The number of benzene rings is 4. The number of nitrogen functional groups attached to an aromatic ring is 2. The maximum atomic E-state index is 11.1. The molecule has 0 fully saturated rings. The first-order chi connectivity index (χ1) is 21.2. The average Bonchev–Trinajstić information content (AvgIpc) is 3.01. The number of carboxylic acids is 1. The summed E-state index contributed by atoms with van der Waals surface area (Å²) >= 11 is 0. The fourth-order valence-corrected chi connectivity index (χ4v) is 4.13. The van der Waals surface area contributed by atoms with E-state index < -0.39 is 12.1 Å². The van der Waals surface area contributed by atoms with Gasteiger partial charge in [0.2, 0.25) is 0 Å². The fraction of sp³-hybridized carbons (Fsp3) is 0. The predicted molar refractivity (Wildman–Crippen MR) is 163 cm³/mol. The summed E-state index contributed by atoms with van der Waals surface area (Å²) in [4.78, 5) is 30.1. The number of carbonyl (C=O) groups is 2. The molecule has 220 valence electrons. The van der Waals surface area contributed by atoms with Crippen LogP contribution in [0.15, 0.2) is 103 Å². The van der Waals surface area contributed by atoms with Crippen LogP contribution in [0.1, 0.15) is 10.4 Å². The number of para-hydroxylation sites is 2. The lowest BCUT2D eigenvalue weighted by atomic mass is 10.1. The number of rotatable bonds is 6. The number of aromatic nitrogens is 2. The van der Waals surface area contributed by atoms with Gasteiger partial charge in [-0.25, -0.2) is 9.59 Å². The van der Waals surface area contributed by atoms with Crippen molar-refractivity contribution in [2.45, 2.75) is 0 Å². The molecule has 6 aromatic rings. The highest BCUT2D eigenvalue weighted by Crippen LogP contribution is 2.37. The zero-order chi connectivity index (χ0) is 31.2. The van der Waals surface area contributed by atoms with Crippen LogP contribution in [0.25, 0.3) is 21.8 Å². The smallest absolute Gasteiger partial charge is 0.506 e. The van der Waals surface area contributed by atoms with Crippen molar-refractivity contribution in [2.24, 2.45) is 0 Å². The Kier molecular flexibility index (Phi) is 8.24. The van der Waals surface area contributed by atoms with Crippen LogP contribution in [0.5, 0.6) is 34.5 Å². The lowest BCUT2D eigenvalue weighted by Gasteiger charge is -2.12. The molecule has 7 N–H and O–H groups in total. The number of ether oxygens (including phenoxy) is 3. The number of nitrogens with zero attached hydrogens (tertiary/aromatic N) is 2. The molecule has 0 spiro atoms. The molecule has 12 heteroatoms. The number of phenolic OH excluding ortho intramolecular Hbond substituents is 1. The highest BCUT2D eigenvalue weighted by Gasteiger charge is 2.13. The zero-order valence-electron chi connectivity index (χ0n) is 22.7.